The van der Waals surface area contributed by atoms with E-state index in [-0.39, 0.29) is 18.4 Å². The molecule has 18 heavy (non-hydrogen) atoms. The van der Waals surface area contributed by atoms with Crippen molar-refractivity contribution in [2.45, 2.75) is 20.0 Å². The summed E-state index contributed by atoms with van der Waals surface area (Å²) in [6.07, 6.45) is 4.56. The molecule has 1 amide bonds. The Morgan fingerprint density at radius 1 is 1.50 bits per heavy atom. The summed E-state index contributed by atoms with van der Waals surface area (Å²) < 4.78 is 6.56. The molecule has 0 fully saturated rings. The van der Waals surface area contributed by atoms with Gasteiger partial charge in [-0.05, 0) is 34.0 Å². The van der Waals surface area contributed by atoms with Crippen molar-refractivity contribution >= 4 is 21.8 Å². The highest BCUT2D eigenvalue weighted by Crippen LogP contribution is 2.26. The third kappa shape index (κ3) is 4.08. The Bertz CT molecular complexity index is 451. The molecule has 0 aromatic heterocycles. The lowest BCUT2D eigenvalue weighted by Gasteiger charge is -2.22. The zero-order valence-corrected chi connectivity index (χ0v) is 12.0. The Labute approximate surface area is 116 Å². The van der Waals surface area contributed by atoms with Crippen LogP contribution in [0.3, 0.4) is 0 Å². The minimum absolute atomic E-state index is 0.0508. The summed E-state index contributed by atoms with van der Waals surface area (Å²) in [5, 5.41) is 2.64. The summed E-state index contributed by atoms with van der Waals surface area (Å²) in [7, 11) is 0. The molecule has 0 saturated heterocycles. The number of benzene rings is 1. The number of amides is 1. The largest absolute Gasteiger partial charge is 0.479 e. The molecule has 4 heteroatoms. The Morgan fingerprint density at radius 3 is 2.72 bits per heavy atom. The second-order valence-corrected chi connectivity index (χ2v) is 4.99. The van der Waals surface area contributed by atoms with Crippen molar-refractivity contribution in [1.82, 2.24) is 5.32 Å². The van der Waals surface area contributed by atoms with Crippen LogP contribution in [0, 0.1) is 18.3 Å². The van der Waals surface area contributed by atoms with Gasteiger partial charge in [0.1, 0.15) is 5.75 Å². The molecular weight excluding hydrogens is 294 g/mol. The van der Waals surface area contributed by atoms with Crippen molar-refractivity contribution in [3.05, 3.63) is 28.7 Å². The molecule has 0 aliphatic carbocycles. The van der Waals surface area contributed by atoms with E-state index in [1.807, 2.05) is 38.1 Å². The van der Waals surface area contributed by atoms with E-state index in [1.54, 1.807) is 0 Å². The molecule has 0 aliphatic rings. The predicted molar refractivity (Wildman–Crippen MR) is 75.2 cm³/mol. The van der Waals surface area contributed by atoms with E-state index < -0.39 is 6.10 Å². The van der Waals surface area contributed by atoms with Crippen molar-refractivity contribution in [2.24, 2.45) is 5.92 Å². The number of hydrogen-bond acceptors (Lipinski definition) is 2. The van der Waals surface area contributed by atoms with Gasteiger partial charge in [0.2, 0.25) is 0 Å². The number of nitrogens with one attached hydrogen (secondary N) is 1. The average molecular weight is 310 g/mol. The SMILES string of the molecule is C#CCNC(=O)[C@@H](Oc1ccccc1Br)C(C)C. The van der Waals surface area contributed by atoms with Crippen LogP contribution in [-0.4, -0.2) is 18.6 Å². The zero-order valence-electron chi connectivity index (χ0n) is 10.4. The molecule has 0 bridgehead atoms. The molecular formula is C14H16BrNO2. The van der Waals surface area contributed by atoms with Gasteiger partial charge in [-0.25, -0.2) is 0 Å². The fourth-order valence-electron chi connectivity index (χ4n) is 1.41. The summed E-state index contributed by atoms with van der Waals surface area (Å²) in [6.45, 7) is 4.06. The van der Waals surface area contributed by atoms with Gasteiger partial charge < -0.3 is 10.1 Å². The predicted octanol–water partition coefficient (Wildman–Crippen LogP) is 2.60. The van der Waals surface area contributed by atoms with Gasteiger partial charge in [0, 0.05) is 0 Å². The molecule has 0 radical (unpaired) electrons. The summed E-state index contributed by atoms with van der Waals surface area (Å²) >= 11 is 3.39. The second-order valence-electron chi connectivity index (χ2n) is 4.13. The van der Waals surface area contributed by atoms with Crippen molar-refractivity contribution in [2.75, 3.05) is 6.54 Å². The van der Waals surface area contributed by atoms with Crippen molar-refractivity contribution < 1.29 is 9.53 Å². The third-order valence-corrected chi connectivity index (χ3v) is 2.97. The lowest BCUT2D eigenvalue weighted by atomic mass is 10.1. The number of carbonyl (C=O) groups is 1. The van der Waals surface area contributed by atoms with Crippen LogP contribution in [0.5, 0.6) is 5.75 Å². The van der Waals surface area contributed by atoms with Crippen molar-refractivity contribution in [3.8, 4) is 18.1 Å². The number of rotatable bonds is 5. The average Bonchev–Trinajstić information content (AvgIpc) is 2.34. The normalized spacial score (nSPS) is 11.7. The molecule has 96 valence electrons. The van der Waals surface area contributed by atoms with Gasteiger partial charge in [-0.2, -0.15) is 0 Å². The molecule has 1 atom stereocenters. The van der Waals surface area contributed by atoms with Gasteiger partial charge in [-0.15, -0.1) is 6.42 Å². The molecule has 0 saturated carbocycles. The molecule has 0 spiro atoms. The lowest BCUT2D eigenvalue weighted by molar-refractivity contribution is -0.129. The maximum Gasteiger partial charge on any atom is 0.262 e. The van der Waals surface area contributed by atoms with Crippen LogP contribution in [0.4, 0.5) is 0 Å². The first kappa shape index (κ1) is 14.6. The van der Waals surface area contributed by atoms with E-state index in [4.69, 9.17) is 11.2 Å². The van der Waals surface area contributed by atoms with Gasteiger partial charge in [0.05, 0.1) is 11.0 Å². The maximum atomic E-state index is 11.9. The molecule has 1 rings (SSSR count). The minimum Gasteiger partial charge on any atom is -0.479 e. The first-order valence-corrected chi connectivity index (χ1v) is 6.48. The number of terminal acetylenes is 1. The van der Waals surface area contributed by atoms with Crippen LogP contribution < -0.4 is 10.1 Å². The van der Waals surface area contributed by atoms with E-state index in [0.29, 0.717) is 5.75 Å². The summed E-state index contributed by atoms with van der Waals surface area (Å²) in [5.41, 5.74) is 0. The van der Waals surface area contributed by atoms with Gasteiger partial charge in [-0.1, -0.05) is 31.9 Å². The highest BCUT2D eigenvalue weighted by atomic mass is 79.9. The van der Waals surface area contributed by atoms with E-state index in [0.717, 1.165) is 4.47 Å². The quantitative estimate of drug-likeness (QED) is 0.849. The maximum absolute atomic E-state index is 11.9. The standard InChI is InChI=1S/C14H16BrNO2/c1-4-9-16-14(17)13(10(2)3)18-12-8-6-5-7-11(12)15/h1,5-8,10,13H,9H2,2-3H3,(H,16,17)/t13-/m0/s1. The van der Waals surface area contributed by atoms with Crippen LogP contribution >= 0.6 is 15.9 Å². The van der Waals surface area contributed by atoms with Crippen LogP contribution in [0.15, 0.2) is 28.7 Å². The fourth-order valence-corrected chi connectivity index (χ4v) is 1.79. The van der Waals surface area contributed by atoms with E-state index in [2.05, 4.69) is 27.2 Å². The molecule has 0 unspecified atom stereocenters. The second kappa shape index (κ2) is 7.07. The van der Waals surface area contributed by atoms with Crippen LogP contribution in [0.2, 0.25) is 0 Å². The number of carbonyl (C=O) groups excluding carboxylic acids is 1. The zero-order chi connectivity index (χ0) is 13.5. The van der Waals surface area contributed by atoms with Crippen molar-refractivity contribution in [1.29, 1.82) is 0 Å². The molecule has 0 heterocycles. The number of halogens is 1. The summed E-state index contributed by atoms with van der Waals surface area (Å²) in [4.78, 5) is 11.9. The Kier molecular flexibility index (Phi) is 5.73. The molecule has 0 aliphatic heterocycles. The van der Waals surface area contributed by atoms with E-state index >= 15 is 0 Å². The van der Waals surface area contributed by atoms with Gasteiger partial charge in [-0.3, -0.25) is 4.79 Å². The van der Waals surface area contributed by atoms with Gasteiger partial charge in [0.15, 0.2) is 6.10 Å². The Morgan fingerprint density at radius 2 is 2.17 bits per heavy atom. The molecule has 3 nitrogen and oxygen atoms in total. The summed E-state index contributed by atoms with van der Waals surface area (Å²) in [6, 6.07) is 7.43. The first-order chi connectivity index (χ1) is 8.56. The highest BCUT2D eigenvalue weighted by molar-refractivity contribution is 9.10. The molecule has 1 aromatic rings. The minimum atomic E-state index is -0.558. The number of hydrogen-bond donors (Lipinski definition) is 1. The van der Waals surface area contributed by atoms with Gasteiger partial charge in [0.25, 0.3) is 5.91 Å². The third-order valence-electron chi connectivity index (χ3n) is 2.32. The van der Waals surface area contributed by atoms with Crippen LogP contribution in [0.1, 0.15) is 13.8 Å². The van der Waals surface area contributed by atoms with Gasteiger partial charge >= 0.3 is 0 Å². The smallest absolute Gasteiger partial charge is 0.262 e. The van der Waals surface area contributed by atoms with E-state index in [9.17, 15) is 4.79 Å². The first-order valence-electron chi connectivity index (χ1n) is 5.68. The molecule has 1 aromatic carbocycles. The molecule has 1 N–H and O–H groups in total. The van der Waals surface area contributed by atoms with Crippen molar-refractivity contribution in [3.63, 3.8) is 0 Å². The Balaban J connectivity index is 2.79. The number of para-hydroxylation sites is 1. The lowest BCUT2D eigenvalue weighted by Crippen LogP contribution is -2.41. The van der Waals surface area contributed by atoms with Crippen LogP contribution in [0.25, 0.3) is 0 Å². The summed E-state index contributed by atoms with van der Waals surface area (Å²) in [5.74, 6) is 2.87. The van der Waals surface area contributed by atoms with Crippen LogP contribution in [-0.2, 0) is 4.79 Å². The topological polar surface area (TPSA) is 38.3 Å². The fraction of sp³-hybridized carbons (Fsp3) is 0.357. The monoisotopic (exact) mass is 309 g/mol. The highest BCUT2D eigenvalue weighted by Gasteiger charge is 2.24. The Hall–Kier alpha value is -1.47. The van der Waals surface area contributed by atoms with E-state index in [1.165, 1.54) is 0 Å². The number of ether oxygens (including phenoxy) is 1.